The highest BCUT2D eigenvalue weighted by atomic mass is 32.2. The van der Waals surface area contributed by atoms with Crippen LogP contribution >= 0.6 is 0 Å². The highest BCUT2D eigenvalue weighted by molar-refractivity contribution is 7.92. The van der Waals surface area contributed by atoms with Crippen molar-refractivity contribution in [1.82, 2.24) is 0 Å². The van der Waals surface area contributed by atoms with Crippen LogP contribution in [0.4, 0.5) is 5.69 Å². The van der Waals surface area contributed by atoms with Crippen LogP contribution in [0.25, 0.3) is 0 Å². The van der Waals surface area contributed by atoms with Gasteiger partial charge in [-0.3, -0.25) is 13.9 Å². The van der Waals surface area contributed by atoms with E-state index in [-0.39, 0.29) is 16.4 Å². The third-order valence-corrected chi connectivity index (χ3v) is 5.73. The molecular weight excluding hydrogens is 372 g/mol. The van der Waals surface area contributed by atoms with Crippen molar-refractivity contribution < 1.29 is 27.5 Å². The van der Waals surface area contributed by atoms with E-state index in [0.29, 0.717) is 30.3 Å². The molecule has 0 radical (unpaired) electrons. The molecular formula is C18H18N2O6S. The fourth-order valence-corrected chi connectivity index (χ4v) is 4.08. The average molecular weight is 390 g/mol. The molecule has 0 atom stereocenters. The molecule has 2 aromatic carbocycles. The fraction of sp³-hybridized carbons (Fsp3) is 0.222. The van der Waals surface area contributed by atoms with Crippen LogP contribution in [0.3, 0.4) is 0 Å². The SMILES string of the molecule is CC(=O)c1ccc(N(CC(N)=O)S(=O)(=O)c2ccc3c(c2)OCCO3)cc1. The summed E-state index contributed by atoms with van der Waals surface area (Å²) in [5, 5.41) is 0. The number of ketones is 1. The number of carbonyl (C=O) groups is 2. The topological polar surface area (TPSA) is 116 Å². The second kappa shape index (κ2) is 7.28. The van der Waals surface area contributed by atoms with Gasteiger partial charge in [-0.1, -0.05) is 0 Å². The van der Waals surface area contributed by atoms with E-state index >= 15 is 0 Å². The van der Waals surface area contributed by atoms with Gasteiger partial charge in [0.05, 0.1) is 10.6 Å². The van der Waals surface area contributed by atoms with Gasteiger partial charge in [0.25, 0.3) is 10.0 Å². The summed E-state index contributed by atoms with van der Waals surface area (Å²) in [7, 11) is -4.10. The van der Waals surface area contributed by atoms with E-state index in [1.54, 1.807) is 0 Å². The summed E-state index contributed by atoms with van der Waals surface area (Å²) in [6, 6.07) is 10.1. The monoisotopic (exact) mass is 390 g/mol. The predicted molar refractivity (Wildman–Crippen MR) is 97.6 cm³/mol. The molecule has 8 nitrogen and oxygen atoms in total. The number of hydrogen-bond acceptors (Lipinski definition) is 6. The van der Waals surface area contributed by atoms with E-state index in [1.807, 2.05) is 0 Å². The van der Waals surface area contributed by atoms with E-state index in [1.165, 1.54) is 49.4 Å². The second-order valence-corrected chi connectivity index (χ2v) is 7.75. The minimum atomic E-state index is -4.10. The maximum absolute atomic E-state index is 13.1. The summed E-state index contributed by atoms with van der Waals surface area (Å²) in [6.07, 6.45) is 0. The molecule has 3 rings (SSSR count). The second-order valence-electron chi connectivity index (χ2n) is 5.89. The Hall–Kier alpha value is -3.07. The van der Waals surface area contributed by atoms with Crippen LogP contribution in [0.2, 0.25) is 0 Å². The summed E-state index contributed by atoms with van der Waals surface area (Å²) < 4.78 is 38.0. The first-order valence-corrected chi connectivity index (χ1v) is 9.55. The molecule has 0 saturated heterocycles. The smallest absolute Gasteiger partial charge is 0.264 e. The molecule has 1 amide bonds. The van der Waals surface area contributed by atoms with Crippen LogP contribution in [0, 0.1) is 0 Å². The highest BCUT2D eigenvalue weighted by Crippen LogP contribution is 2.34. The number of rotatable bonds is 6. The van der Waals surface area contributed by atoms with Crippen molar-refractivity contribution in [2.45, 2.75) is 11.8 Å². The van der Waals surface area contributed by atoms with Gasteiger partial charge < -0.3 is 15.2 Å². The number of nitrogens with two attached hydrogens (primary N) is 1. The van der Waals surface area contributed by atoms with Crippen molar-refractivity contribution in [3.05, 3.63) is 48.0 Å². The lowest BCUT2D eigenvalue weighted by Gasteiger charge is -2.24. The molecule has 0 saturated carbocycles. The Morgan fingerprint density at radius 1 is 1.04 bits per heavy atom. The molecule has 2 N–H and O–H groups in total. The van der Waals surface area contributed by atoms with Gasteiger partial charge >= 0.3 is 0 Å². The Kier molecular flexibility index (Phi) is 5.04. The molecule has 1 aliphatic rings. The molecule has 2 aromatic rings. The normalized spacial score (nSPS) is 13.1. The van der Waals surface area contributed by atoms with Crippen molar-refractivity contribution >= 4 is 27.4 Å². The summed E-state index contributed by atoms with van der Waals surface area (Å²) in [4.78, 5) is 22.8. The Labute approximate surface area is 156 Å². The number of hydrogen-bond donors (Lipinski definition) is 1. The van der Waals surface area contributed by atoms with Gasteiger partial charge in [0.2, 0.25) is 5.91 Å². The fourth-order valence-electron chi connectivity index (χ4n) is 2.63. The number of benzene rings is 2. The third kappa shape index (κ3) is 3.87. The van der Waals surface area contributed by atoms with Crippen LogP contribution in [-0.4, -0.2) is 39.9 Å². The number of nitrogens with zero attached hydrogens (tertiary/aromatic N) is 1. The first-order valence-electron chi connectivity index (χ1n) is 8.11. The van der Waals surface area contributed by atoms with Crippen molar-refractivity contribution in [3.63, 3.8) is 0 Å². The largest absolute Gasteiger partial charge is 0.486 e. The molecule has 142 valence electrons. The first-order chi connectivity index (χ1) is 12.8. The molecule has 0 aliphatic carbocycles. The molecule has 0 fully saturated rings. The quantitative estimate of drug-likeness (QED) is 0.744. The molecule has 1 aliphatic heterocycles. The van der Waals surface area contributed by atoms with Gasteiger partial charge in [-0.15, -0.1) is 0 Å². The molecule has 27 heavy (non-hydrogen) atoms. The zero-order chi connectivity index (χ0) is 19.6. The zero-order valence-corrected chi connectivity index (χ0v) is 15.4. The first kappa shape index (κ1) is 18.7. The van der Waals surface area contributed by atoms with Gasteiger partial charge in [-0.25, -0.2) is 8.42 Å². The minimum Gasteiger partial charge on any atom is -0.486 e. The van der Waals surface area contributed by atoms with Gasteiger partial charge in [0, 0.05) is 11.6 Å². The molecule has 0 unspecified atom stereocenters. The van der Waals surface area contributed by atoms with Crippen molar-refractivity contribution in [2.24, 2.45) is 5.73 Å². The van der Waals surface area contributed by atoms with Crippen LogP contribution in [-0.2, 0) is 14.8 Å². The van der Waals surface area contributed by atoms with Crippen LogP contribution < -0.4 is 19.5 Å². The lowest BCUT2D eigenvalue weighted by atomic mass is 10.1. The number of ether oxygens (including phenoxy) is 2. The molecule has 0 aromatic heterocycles. The van der Waals surface area contributed by atoms with Crippen molar-refractivity contribution in [1.29, 1.82) is 0 Å². The maximum atomic E-state index is 13.1. The number of fused-ring (bicyclic) bond motifs is 1. The summed E-state index contributed by atoms with van der Waals surface area (Å²) in [5.74, 6) is -0.204. The maximum Gasteiger partial charge on any atom is 0.264 e. The van der Waals surface area contributed by atoms with Gasteiger partial charge in [0.15, 0.2) is 17.3 Å². The standard InChI is InChI=1S/C18H18N2O6S/c1-12(21)13-2-4-14(5-3-13)20(11-18(19)22)27(23,24)15-6-7-16-17(10-15)26-9-8-25-16/h2-7,10H,8-9,11H2,1H3,(H2,19,22). The van der Waals surface area contributed by atoms with E-state index in [0.717, 1.165) is 4.31 Å². The Bertz CT molecular complexity index is 985. The lowest BCUT2D eigenvalue weighted by Crippen LogP contribution is -2.38. The van der Waals surface area contributed by atoms with E-state index in [2.05, 4.69) is 0 Å². The number of primary amides is 1. The van der Waals surface area contributed by atoms with Crippen LogP contribution in [0.15, 0.2) is 47.4 Å². The van der Waals surface area contributed by atoms with Crippen molar-refractivity contribution in [2.75, 3.05) is 24.1 Å². The molecule has 0 bridgehead atoms. The van der Waals surface area contributed by atoms with Crippen LogP contribution in [0.5, 0.6) is 11.5 Å². The van der Waals surface area contributed by atoms with E-state index in [9.17, 15) is 18.0 Å². The van der Waals surface area contributed by atoms with E-state index in [4.69, 9.17) is 15.2 Å². The van der Waals surface area contributed by atoms with Gasteiger partial charge in [-0.2, -0.15) is 0 Å². The third-order valence-electron chi connectivity index (χ3n) is 3.96. The summed E-state index contributed by atoms with van der Waals surface area (Å²) in [6.45, 7) is 1.56. The van der Waals surface area contributed by atoms with Gasteiger partial charge in [0.1, 0.15) is 19.8 Å². The van der Waals surface area contributed by atoms with E-state index < -0.39 is 22.5 Å². The summed E-state index contributed by atoms with van der Waals surface area (Å²) >= 11 is 0. The Morgan fingerprint density at radius 2 is 1.67 bits per heavy atom. The lowest BCUT2D eigenvalue weighted by molar-refractivity contribution is -0.116. The average Bonchev–Trinajstić information content (AvgIpc) is 2.65. The Balaban J connectivity index is 2.03. The number of Topliss-reactive ketones (excluding diaryl/α,β-unsaturated/α-hetero) is 1. The number of anilines is 1. The highest BCUT2D eigenvalue weighted by Gasteiger charge is 2.28. The number of sulfonamides is 1. The molecule has 9 heteroatoms. The number of carbonyl (C=O) groups excluding carboxylic acids is 2. The van der Waals surface area contributed by atoms with Gasteiger partial charge in [-0.05, 0) is 43.3 Å². The van der Waals surface area contributed by atoms with Crippen LogP contribution in [0.1, 0.15) is 17.3 Å². The predicted octanol–water partition coefficient (Wildman–Crippen LogP) is 1.34. The minimum absolute atomic E-state index is 0.0661. The zero-order valence-electron chi connectivity index (χ0n) is 14.5. The Morgan fingerprint density at radius 3 is 2.26 bits per heavy atom. The molecule has 1 heterocycles. The molecule has 0 spiro atoms. The van der Waals surface area contributed by atoms with Crippen molar-refractivity contribution in [3.8, 4) is 11.5 Å². The summed E-state index contributed by atoms with van der Waals surface area (Å²) in [5.41, 5.74) is 5.89. The number of amides is 1.